The van der Waals surface area contributed by atoms with Crippen LogP contribution >= 0.6 is 11.8 Å². The number of aryl methyl sites for hydroxylation is 2. The van der Waals surface area contributed by atoms with Crippen molar-refractivity contribution in [3.05, 3.63) is 41.5 Å². The number of thioether (sulfide) groups is 1. The lowest BCUT2D eigenvalue weighted by molar-refractivity contribution is -0.113. The second-order valence-electron chi connectivity index (χ2n) is 7.12. The normalized spacial score (nSPS) is 13.0. The standard InChI is InChI=1S/C21H19N5O3S/c1-11-7-12(2)18-14(8-11)23-20-19(18)24-21(26-25-20)30-10-17(27)22-13-3-4-15-16(9-13)29-6-5-28-15/h3-4,7-9H,5-6,10H2,1-2H3,(H,22,27)(H,23,25). The first-order valence-corrected chi connectivity index (χ1v) is 10.5. The largest absolute Gasteiger partial charge is 0.486 e. The Balaban J connectivity index is 1.31. The lowest BCUT2D eigenvalue weighted by atomic mass is 10.1. The van der Waals surface area contributed by atoms with E-state index in [9.17, 15) is 4.79 Å². The number of nitrogens with zero attached hydrogens (tertiary/aromatic N) is 3. The number of carbonyl (C=O) groups excluding carboxylic acids is 1. The molecule has 3 heterocycles. The molecule has 4 aromatic rings. The summed E-state index contributed by atoms with van der Waals surface area (Å²) in [5.41, 5.74) is 5.36. The van der Waals surface area contributed by atoms with E-state index < -0.39 is 0 Å². The van der Waals surface area contributed by atoms with Crippen molar-refractivity contribution in [2.45, 2.75) is 19.0 Å². The molecule has 0 aliphatic carbocycles. The SMILES string of the molecule is Cc1cc(C)c2c(c1)[nH]c1nnc(SCC(=O)Nc3ccc4c(c3)OCCO4)nc12. The average molecular weight is 421 g/mol. The third-order valence-electron chi connectivity index (χ3n) is 4.80. The summed E-state index contributed by atoms with van der Waals surface area (Å²) in [6.07, 6.45) is 0. The quantitative estimate of drug-likeness (QED) is 0.485. The van der Waals surface area contributed by atoms with E-state index in [1.165, 1.54) is 17.3 Å². The van der Waals surface area contributed by atoms with Crippen LogP contribution in [0.1, 0.15) is 11.1 Å². The summed E-state index contributed by atoms with van der Waals surface area (Å²) in [6, 6.07) is 9.53. The Hall–Kier alpha value is -3.33. The van der Waals surface area contributed by atoms with E-state index in [0.29, 0.717) is 41.2 Å². The fourth-order valence-electron chi connectivity index (χ4n) is 3.59. The number of hydrogen-bond donors (Lipinski definition) is 2. The number of rotatable bonds is 4. The van der Waals surface area contributed by atoms with Crippen molar-refractivity contribution in [1.82, 2.24) is 20.2 Å². The van der Waals surface area contributed by atoms with Gasteiger partial charge in [-0.05, 0) is 43.2 Å². The molecule has 0 bridgehead atoms. The molecule has 0 atom stereocenters. The maximum absolute atomic E-state index is 12.4. The van der Waals surface area contributed by atoms with Crippen LogP contribution in [0.2, 0.25) is 0 Å². The van der Waals surface area contributed by atoms with Gasteiger partial charge in [-0.3, -0.25) is 4.79 Å². The summed E-state index contributed by atoms with van der Waals surface area (Å²) in [4.78, 5) is 20.3. The Morgan fingerprint density at radius 1 is 1.13 bits per heavy atom. The number of aromatic amines is 1. The molecule has 0 saturated heterocycles. The van der Waals surface area contributed by atoms with Gasteiger partial charge < -0.3 is 19.8 Å². The highest BCUT2D eigenvalue weighted by atomic mass is 32.2. The molecule has 1 aliphatic rings. The van der Waals surface area contributed by atoms with E-state index in [2.05, 4.69) is 51.5 Å². The number of aromatic nitrogens is 4. The summed E-state index contributed by atoms with van der Waals surface area (Å²) in [5.74, 6) is 1.33. The molecule has 8 nitrogen and oxygen atoms in total. The zero-order valence-electron chi connectivity index (χ0n) is 16.5. The van der Waals surface area contributed by atoms with Gasteiger partial charge >= 0.3 is 0 Å². The zero-order valence-corrected chi connectivity index (χ0v) is 17.3. The van der Waals surface area contributed by atoms with Gasteiger partial charge in [0.1, 0.15) is 18.7 Å². The van der Waals surface area contributed by atoms with Gasteiger partial charge in [0.05, 0.1) is 5.75 Å². The van der Waals surface area contributed by atoms with Crippen LogP contribution in [0.25, 0.3) is 22.1 Å². The summed E-state index contributed by atoms with van der Waals surface area (Å²) >= 11 is 1.25. The number of anilines is 1. The van der Waals surface area contributed by atoms with Crippen molar-refractivity contribution in [3.8, 4) is 11.5 Å². The third kappa shape index (κ3) is 3.52. The predicted octanol–water partition coefficient (Wildman–Crippen LogP) is 3.62. The van der Waals surface area contributed by atoms with Crippen molar-refractivity contribution < 1.29 is 14.3 Å². The van der Waals surface area contributed by atoms with E-state index in [4.69, 9.17) is 9.47 Å². The highest BCUT2D eigenvalue weighted by molar-refractivity contribution is 7.99. The van der Waals surface area contributed by atoms with Gasteiger partial charge in [-0.15, -0.1) is 10.2 Å². The highest BCUT2D eigenvalue weighted by Gasteiger charge is 2.15. The van der Waals surface area contributed by atoms with Crippen molar-refractivity contribution >= 4 is 45.4 Å². The predicted molar refractivity (Wildman–Crippen MR) is 115 cm³/mol. The molecule has 0 fully saturated rings. The van der Waals surface area contributed by atoms with Crippen LogP contribution in [-0.4, -0.2) is 45.0 Å². The molecule has 9 heteroatoms. The Morgan fingerprint density at radius 2 is 1.97 bits per heavy atom. The minimum atomic E-state index is -0.161. The van der Waals surface area contributed by atoms with Gasteiger partial charge in [-0.2, -0.15) is 0 Å². The lowest BCUT2D eigenvalue weighted by Crippen LogP contribution is -2.17. The van der Waals surface area contributed by atoms with Crippen molar-refractivity contribution in [2.24, 2.45) is 0 Å². The molecule has 0 radical (unpaired) electrons. The molecule has 1 amide bonds. The second-order valence-corrected chi connectivity index (χ2v) is 8.06. The molecule has 0 saturated carbocycles. The van der Waals surface area contributed by atoms with E-state index in [-0.39, 0.29) is 11.7 Å². The van der Waals surface area contributed by atoms with Crippen LogP contribution in [0.3, 0.4) is 0 Å². The number of benzene rings is 2. The minimum absolute atomic E-state index is 0.161. The third-order valence-corrected chi connectivity index (χ3v) is 5.63. The Morgan fingerprint density at radius 3 is 2.83 bits per heavy atom. The molecule has 0 spiro atoms. The number of nitrogens with one attached hydrogen (secondary N) is 2. The van der Waals surface area contributed by atoms with E-state index in [1.807, 2.05) is 0 Å². The zero-order chi connectivity index (χ0) is 20.7. The van der Waals surface area contributed by atoms with Crippen molar-refractivity contribution in [1.29, 1.82) is 0 Å². The van der Waals surface area contributed by atoms with Crippen LogP contribution in [0, 0.1) is 13.8 Å². The maximum Gasteiger partial charge on any atom is 0.234 e. The van der Waals surface area contributed by atoms with E-state index in [1.54, 1.807) is 18.2 Å². The molecule has 30 heavy (non-hydrogen) atoms. The van der Waals surface area contributed by atoms with Crippen molar-refractivity contribution in [2.75, 3.05) is 24.3 Å². The summed E-state index contributed by atoms with van der Waals surface area (Å²) in [7, 11) is 0. The topological polar surface area (TPSA) is 102 Å². The van der Waals surface area contributed by atoms with Gasteiger partial charge in [0.15, 0.2) is 17.1 Å². The van der Waals surface area contributed by atoms with Gasteiger partial charge in [0, 0.05) is 22.7 Å². The monoisotopic (exact) mass is 421 g/mol. The molecule has 152 valence electrons. The number of H-pyrrole nitrogens is 1. The van der Waals surface area contributed by atoms with Gasteiger partial charge in [0.2, 0.25) is 11.1 Å². The van der Waals surface area contributed by atoms with Gasteiger partial charge in [-0.25, -0.2) is 4.98 Å². The summed E-state index contributed by atoms with van der Waals surface area (Å²) < 4.78 is 11.0. The molecule has 2 N–H and O–H groups in total. The molecule has 2 aromatic carbocycles. The highest BCUT2D eigenvalue weighted by Crippen LogP contribution is 2.33. The van der Waals surface area contributed by atoms with Crippen LogP contribution < -0.4 is 14.8 Å². The van der Waals surface area contributed by atoms with Crippen molar-refractivity contribution in [3.63, 3.8) is 0 Å². The van der Waals surface area contributed by atoms with E-state index >= 15 is 0 Å². The van der Waals surface area contributed by atoms with Gasteiger partial charge in [-0.1, -0.05) is 17.8 Å². The number of hydrogen-bond acceptors (Lipinski definition) is 7. The fraction of sp³-hybridized carbons (Fsp3) is 0.238. The molecular formula is C21H19N5O3S. The lowest BCUT2D eigenvalue weighted by Gasteiger charge is -2.18. The molecule has 0 unspecified atom stereocenters. The Labute approximate surface area is 176 Å². The molecule has 5 rings (SSSR count). The van der Waals surface area contributed by atoms with Crippen LogP contribution in [0.4, 0.5) is 5.69 Å². The first-order valence-electron chi connectivity index (χ1n) is 9.52. The smallest absolute Gasteiger partial charge is 0.234 e. The molecule has 1 aliphatic heterocycles. The van der Waals surface area contributed by atoms with Crippen LogP contribution in [-0.2, 0) is 4.79 Å². The first kappa shape index (κ1) is 18.7. The van der Waals surface area contributed by atoms with Crippen LogP contribution in [0.5, 0.6) is 11.5 Å². The number of ether oxygens (including phenoxy) is 2. The van der Waals surface area contributed by atoms with Gasteiger partial charge in [0.25, 0.3) is 0 Å². The maximum atomic E-state index is 12.4. The number of carbonyl (C=O) groups is 1. The molecule has 2 aromatic heterocycles. The summed E-state index contributed by atoms with van der Waals surface area (Å²) in [5, 5.41) is 12.7. The average Bonchev–Trinajstić information content (AvgIpc) is 3.09. The fourth-order valence-corrected chi connectivity index (χ4v) is 4.17. The second kappa shape index (κ2) is 7.49. The Bertz CT molecular complexity index is 1290. The summed E-state index contributed by atoms with van der Waals surface area (Å²) in [6.45, 7) is 5.14. The Kier molecular flexibility index (Phi) is 4.66. The van der Waals surface area contributed by atoms with Crippen LogP contribution in [0.15, 0.2) is 35.5 Å². The van der Waals surface area contributed by atoms with E-state index in [0.717, 1.165) is 22.0 Å². The first-order chi connectivity index (χ1) is 14.6. The molecular weight excluding hydrogens is 402 g/mol. The minimum Gasteiger partial charge on any atom is -0.486 e. The number of fused-ring (bicyclic) bond motifs is 4. The number of amides is 1.